The largest absolute Gasteiger partial charge is 0.294 e. The molecule has 1 unspecified atom stereocenters. The van der Waals surface area contributed by atoms with Crippen LogP contribution in [0, 0.1) is 35.0 Å². The van der Waals surface area contributed by atoms with Crippen LogP contribution in [-0.2, 0) is 0 Å². The lowest BCUT2D eigenvalue weighted by atomic mass is 9.91. The van der Waals surface area contributed by atoms with Gasteiger partial charge in [0.15, 0.2) is 29.1 Å². The highest BCUT2D eigenvalue weighted by Gasteiger charge is 2.30. The molecule has 0 spiro atoms. The summed E-state index contributed by atoms with van der Waals surface area (Å²) in [6.07, 6.45) is 2.78. The van der Waals surface area contributed by atoms with Crippen molar-refractivity contribution in [1.29, 1.82) is 0 Å². The van der Waals surface area contributed by atoms with E-state index in [2.05, 4.69) is 0 Å². The van der Waals surface area contributed by atoms with Gasteiger partial charge in [0.25, 0.3) is 0 Å². The summed E-state index contributed by atoms with van der Waals surface area (Å²) in [5, 5.41) is 0. The molecule has 0 radical (unpaired) electrons. The lowest BCUT2D eigenvalue weighted by Gasteiger charge is -2.14. The number of hydrogen-bond donors (Lipinski definition) is 0. The Morgan fingerprint density at radius 1 is 0.905 bits per heavy atom. The van der Waals surface area contributed by atoms with E-state index >= 15 is 0 Å². The van der Waals surface area contributed by atoms with Crippen molar-refractivity contribution in [2.45, 2.75) is 46.0 Å². The Hall–Kier alpha value is -1.46. The summed E-state index contributed by atoms with van der Waals surface area (Å²) in [5.41, 5.74) is -1.33. The quantitative estimate of drug-likeness (QED) is 0.294. The van der Waals surface area contributed by atoms with E-state index in [4.69, 9.17) is 0 Å². The van der Waals surface area contributed by atoms with Gasteiger partial charge >= 0.3 is 0 Å². The first-order chi connectivity index (χ1) is 9.84. The SMILES string of the molecule is CCCCC(CC)CC(=O)c1c(F)c(F)c(F)c(F)c1F. The third-order valence-corrected chi connectivity index (χ3v) is 3.51. The molecule has 1 rings (SSSR count). The second-order valence-electron chi connectivity index (χ2n) is 4.99. The van der Waals surface area contributed by atoms with E-state index < -0.39 is 40.4 Å². The monoisotopic (exact) mass is 308 g/mol. The van der Waals surface area contributed by atoms with Gasteiger partial charge in [0.2, 0.25) is 5.82 Å². The first-order valence-corrected chi connectivity index (χ1v) is 6.89. The van der Waals surface area contributed by atoms with Crippen LogP contribution in [-0.4, -0.2) is 5.78 Å². The van der Waals surface area contributed by atoms with Gasteiger partial charge in [-0.1, -0.05) is 39.5 Å². The predicted molar refractivity (Wildman–Crippen MR) is 68.5 cm³/mol. The van der Waals surface area contributed by atoms with Gasteiger partial charge in [-0.15, -0.1) is 0 Å². The minimum absolute atomic E-state index is 0.132. The topological polar surface area (TPSA) is 17.1 Å². The summed E-state index contributed by atoms with van der Waals surface area (Å²) in [7, 11) is 0. The molecule has 0 heterocycles. The van der Waals surface area contributed by atoms with E-state index in [1.165, 1.54) is 0 Å². The molecule has 0 aliphatic rings. The van der Waals surface area contributed by atoms with Crippen LogP contribution >= 0.6 is 0 Å². The van der Waals surface area contributed by atoms with Gasteiger partial charge in [-0.2, -0.15) is 0 Å². The lowest BCUT2D eigenvalue weighted by Crippen LogP contribution is -2.16. The van der Waals surface area contributed by atoms with Gasteiger partial charge in [-0.25, -0.2) is 22.0 Å². The average Bonchev–Trinajstić information content (AvgIpc) is 2.47. The van der Waals surface area contributed by atoms with Gasteiger partial charge in [-0.3, -0.25) is 4.79 Å². The molecule has 0 amide bonds. The Morgan fingerprint density at radius 3 is 1.81 bits per heavy atom. The van der Waals surface area contributed by atoms with Crippen LogP contribution in [0.2, 0.25) is 0 Å². The Labute approximate surface area is 120 Å². The number of halogens is 5. The number of Topliss-reactive ketones (excluding diaryl/α,β-unsaturated/α-hetero) is 1. The van der Waals surface area contributed by atoms with Crippen molar-refractivity contribution in [3.8, 4) is 0 Å². The van der Waals surface area contributed by atoms with E-state index in [1.807, 2.05) is 13.8 Å². The number of carbonyl (C=O) groups excluding carboxylic acids is 1. The van der Waals surface area contributed by atoms with Gasteiger partial charge in [0.05, 0.1) is 5.56 Å². The van der Waals surface area contributed by atoms with E-state index in [0.717, 1.165) is 12.8 Å². The fraction of sp³-hybridized carbons (Fsp3) is 0.533. The average molecular weight is 308 g/mol. The molecule has 0 fully saturated rings. The molecule has 0 aliphatic heterocycles. The van der Waals surface area contributed by atoms with E-state index in [1.54, 1.807) is 0 Å². The zero-order valence-corrected chi connectivity index (χ0v) is 11.9. The minimum atomic E-state index is -2.25. The maximum Gasteiger partial charge on any atom is 0.200 e. The summed E-state index contributed by atoms with van der Waals surface area (Å²) in [6.45, 7) is 3.77. The predicted octanol–water partition coefficient (Wildman–Crippen LogP) is 5.17. The van der Waals surface area contributed by atoms with E-state index in [0.29, 0.717) is 12.8 Å². The Bertz CT molecular complexity index is 498. The molecule has 0 N–H and O–H groups in total. The molecule has 1 nitrogen and oxygen atoms in total. The summed E-state index contributed by atoms with van der Waals surface area (Å²) in [4.78, 5) is 11.9. The van der Waals surface area contributed by atoms with Crippen LogP contribution in [0.3, 0.4) is 0 Å². The van der Waals surface area contributed by atoms with Crippen molar-refractivity contribution in [2.75, 3.05) is 0 Å². The molecule has 21 heavy (non-hydrogen) atoms. The minimum Gasteiger partial charge on any atom is -0.294 e. The van der Waals surface area contributed by atoms with Crippen molar-refractivity contribution in [3.05, 3.63) is 34.6 Å². The smallest absolute Gasteiger partial charge is 0.200 e. The molecule has 1 aromatic rings. The number of unbranched alkanes of at least 4 members (excludes halogenated alkanes) is 1. The fourth-order valence-corrected chi connectivity index (χ4v) is 2.16. The Kier molecular flexibility index (Phi) is 6.30. The number of benzene rings is 1. The van der Waals surface area contributed by atoms with Crippen molar-refractivity contribution in [3.63, 3.8) is 0 Å². The van der Waals surface area contributed by atoms with Crippen molar-refractivity contribution in [1.82, 2.24) is 0 Å². The third-order valence-electron chi connectivity index (χ3n) is 3.51. The number of ketones is 1. The van der Waals surface area contributed by atoms with Crippen LogP contribution in [0.4, 0.5) is 22.0 Å². The maximum absolute atomic E-state index is 13.5. The second kappa shape index (κ2) is 7.52. The highest BCUT2D eigenvalue weighted by molar-refractivity contribution is 5.96. The van der Waals surface area contributed by atoms with Crippen LogP contribution in [0.15, 0.2) is 0 Å². The Balaban J connectivity index is 3.08. The van der Waals surface area contributed by atoms with Gasteiger partial charge < -0.3 is 0 Å². The first kappa shape index (κ1) is 17.6. The highest BCUT2D eigenvalue weighted by Crippen LogP contribution is 2.26. The molecular formula is C15H17F5O. The standard InChI is InChI=1S/C15H17F5O/c1-3-5-6-8(4-2)7-9(21)10-11(16)13(18)15(20)14(19)12(10)17/h8H,3-7H2,1-2H3. The molecule has 0 saturated heterocycles. The number of hydrogen-bond acceptors (Lipinski definition) is 1. The zero-order valence-electron chi connectivity index (χ0n) is 11.9. The van der Waals surface area contributed by atoms with Crippen LogP contribution in [0.25, 0.3) is 0 Å². The van der Waals surface area contributed by atoms with Crippen LogP contribution < -0.4 is 0 Å². The summed E-state index contributed by atoms with van der Waals surface area (Å²) in [5.74, 6) is -11.7. The molecule has 0 aromatic heterocycles. The lowest BCUT2D eigenvalue weighted by molar-refractivity contribution is 0.0945. The van der Waals surface area contributed by atoms with Crippen LogP contribution in [0.1, 0.15) is 56.3 Å². The van der Waals surface area contributed by atoms with E-state index in [-0.39, 0.29) is 12.3 Å². The van der Waals surface area contributed by atoms with Crippen molar-refractivity contribution < 1.29 is 26.7 Å². The first-order valence-electron chi connectivity index (χ1n) is 6.89. The summed E-state index contributed by atoms with van der Waals surface area (Å²) in [6, 6.07) is 0. The normalized spacial score (nSPS) is 12.5. The highest BCUT2D eigenvalue weighted by atomic mass is 19.2. The molecule has 0 aliphatic carbocycles. The zero-order chi connectivity index (χ0) is 16.2. The molecule has 0 bridgehead atoms. The molecule has 118 valence electrons. The van der Waals surface area contributed by atoms with E-state index in [9.17, 15) is 26.7 Å². The number of carbonyl (C=O) groups is 1. The number of rotatable bonds is 7. The molecule has 0 saturated carbocycles. The molecule has 1 atom stereocenters. The summed E-state index contributed by atoms with van der Waals surface area (Å²) < 4.78 is 66.1. The van der Waals surface area contributed by atoms with Crippen LogP contribution in [0.5, 0.6) is 0 Å². The van der Waals surface area contributed by atoms with Gasteiger partial charge in [0, 0.05) is 6.42 Å². The molecular weight excluding hydrogens is 291 g/mol. The van der Waals surface area contributed by atoms with Crippen molar-refractivity contribution in [2.24, 2.45) is 5.92 Å². The molecule has 6 heteroatoms. The second-order valence-corrected chi connectivity index (χ2v) is 4.99. The molecule has 1 aromatic carbocycles. The fourth-order valence-electron chi connectivity index (χ4n) is 2.16. The van der Waals surface area contributed by atoms with Gasteiger partial charge in [-0.05, 0) is 5.92 Å². The summed E-state index contributed by atoms with van der Waals surface area (Å²) >= 11 is 0. The van der Waals surface area contributed by atoms with Crippen molar-refractivity contribution >= 4 is 5.78 Å². The maximum atomic E-state index is 13.5. The van der Waals surface area contributed by atoms with Gasteiger partial charge in [0.1, 0.15) is 0 Å². The third kappa shape index (κ3) is 3.80. The Morgan fingerprint density at radius 2 is 1.38 bits per heavy atom.